The molecule has 0 aromatic heterocycles. The van der Waals surface area contributed by atoms with E-state index in [9.17, 15) is 10.2 Å². The standard InChI is InChI=1S/C28H46O2/c1-17(2)18(3)7-8-19(4)22-9-10-23-26-24(12-14-28(22,23)6)27(5)13-11-21(29)15-20(27)16-25(26)30/h16-17,19,21-26,29-30H,3,7-15H2,1-2,4-6H3/t19-,21+,22-,23+,24+,25+,26?,27+,28-/m1/s1. The van der Waals surface area contributed by atoms with E-state index in [1.165, 1.54) is 43.3 Å². The largest absolute Gasteiger partial charge is 0.393 e. The van der Waals surface area contributed by atoms with Crippen molar-refractivity contribution in [2.24, 2.45) is 46.3 Å². The van der Waals surface area contributed by atoms with Crippen molar-refractivity contribution in [2.45, 2.75) is 105 Å². The summed E-state index contributed by atoms with van der Waals surface area (Å²) >= 11 is 0. The van der Waals surface area contributed by atoms with Gasteiger partial charge in [-0.15, -0.1) is 0 Å². The highest BCUT2D eigenvalue weighted by atomic mass is 16.3. The van der Waals surface area contributed by atoms with E-state index in [0.29, 0.717) is 29.1 Å². The van der Waals surface area contributed by atoms with Crippen LogP contribution in [0.25, 0.3) is 0 Å². The van der Waals surface area contributed by atoms with Crippen LogP contribution in [0.5, 0.6) is 0 Å². The summed E-state index contributed by atoms with van der Waals surface area (Å²) in [6.45, 7) is 16.3. The summed E-state index contributed by atoms with van der Waals surface area (Å²) in [5.41, 5.74) is 3.33. The molecule has 0 aliphatic heterocycles. The molecule has 9 atom stereocenters. The highest BCUT2D eigenvalue weighted by Gasteiger charge is 2.61. The fraction of sp³-hybridized carbons (Fsp3) is 0.857. The molecule has 0 amide bonds. The van der Waals surface area contributed by atoms with Gasteiger partial charge in [0, 0.05) is 0 Å². The van der Waals surface area contributed by atoms with E-state index >= 15 is 0 Å². The zero-order chi connectivity index (χ0) is 21.8. The molecule has 4 rings (SSSR count). The minimum absolute atomic E-state index is 0.198. The molecule has 2 nitrogen and oxygen atoms in total. The third-order valence-electron chi connectivity index (χ3n) is 10.6. The maximum atomic E-state index is 11.3. The molecule has 2 heteroatoms. The Morgan fingerprint density at radius 1 is 1.07 bits per heavy atom. The van der Waals surface area contributed by atoms with Crippen LogP contribution in [-0.2, 0) is 0 Å². The molecule has 170 valence electrons. The Labute approximate surface area is 185 Å². The van der Waals surface area contributed by atoms with Gasteiger partial charge in [0.1, 0.15) is 0 Å². The van der Waals surface area contributed by atoms with Crippen molar-refractivity contribution < 1.29 is 10.2 Å². The fourth-order valence-corrected chi connectivity index (χ4v) is 8.51. The first-order valence-corrected chi connectivity index (χ1v) is 12.8. The molecule has 3 fully saturated rings. The second-order valence-electron chi connectivity index (χ2n) is 12.3. The summed E-state index contributed by atoms with van der Waals surface area (Å²) in [6.07, 6.45) is 12.1. The summed E-state index contributed by atoms with van der Waals surface area (Å²) in [5.74, 6) is 3.76. The number of aliphatic hydroxyl groups excluding tert-OH is 2. The van der Waals surface area contributed by atoms with Crippen LogP contribution in [0, 0.1) is 46.3 Å². The lowest BCUT2D eigenvalue weighted by Crippen LogP contribution is -2.54. The Kier molecular flexibility index (Phi) is 6.08. The van der Waals surface area contributed by atoms with Gasteiger partial charge in [-0.1, -0.05) is 58.4 Å². The molecule has 1 unspecified atom stereocenters. The zero-order valence-electron chi connectivity index (χ0n) is 20.2. The van der Waals surface area contributed by atoms with Gasteiger partial charge in [-0.3, -0.25) is 0 Å². The second kappa shape index (κ2) is 8.07. The van der Waals surface area contributed by atoms with E-state index in [2.05, 4.69) is 47.3 Å². The van der Waals surface area contributed by atoms with Crippen molar-refractivity contribution in [1.29, 1.82) is 0 Å². The van der Waals surface area contributed by atoms with E-state index in [1.807, 2.05) is 0 Å². The van der Waals surface area contributed by atoms with Crippen LogP contribution in [0.1, 0.15) is 92.4 Å². The molecule has 3 saturated carbocycles. The molecule has 4 aliphatic rings. The Morgan fingerprint density at radius 2 is 1.80 bits per heavy atom. The van der Waals surface area contributed by atoms with E-state index in [4.69, 9.17) is 0 Å². The molecule has 0 aromatic carbocycles. The first-order valence-electron chi connectivity index (χ1n) is 12.8. The molecular formula is C28H46O2. The topological polar surface area (TPSA) is 40.5 Å². The van der Waals surface area contributed by atoms with Crippen LogP contribution < -0.4 is 0 Å². The Balaban J connectivity index is 1.54. The van der Waals surface area contributed by atoms with Gasteiger partial charge in [0.2, 0.25) is 0 Å². The number of fused-ring (bicyclic) bond motifs is 5. The number of rotatable bonds is 5. The molecule has 0 bridgehead atoms. The van der Waals surface area contributed by atoms with E-state index in [-0.39, 0.29) is 17.6 Å². The second-order valence-corrected chi connectivity index (χ2v) is 12.3. The lowest BCUT2D eigenvalue weighted by Gasteiger charge is -2.59. The van der Waals surface area contributed by atoms with E-state index < -0.39 is 0 Å². The van der Waals surface area contributed by atoms with Gasteiger partial charge in [0.05, 0.1) is 12.2 Å². The van der Waals surface area contributed by atoms with Gasteiger partial charge in [-0.05, 0) is 104 Å². The van der Waals surface area contributed by atoms with Crippen LogP contribution in [-0.4, -0.2) is 22.4 Å². The van der Waals surface area contributed by atoms with Crippen molar-refractivity contribution in [3.05, 3.63) is 23.8 Å². The van der Waals surface area contributed by atoms with Crippen molar-refractivity contribution in [3.63, 3.8) is 0 Å². The minimum Gasteiger partial charge on any atom is -0.393 e. The lowest BCUT2D eigenvalue weighted by molar-refractivity contribution is -0.0970. The highest BCUT2D eigenvalue weighted by molar-refractivity contribution is 5.28. The average Bonchev–Trinajstić information content (AvgIpc) is 3.04. The van der Waals surface area contributed by atoms with E-state index in [1.54, 1.807) is 0 Å². The summed E-state index contributed by atoms with van der Waals surface area (Å²) in [6, 6.07) is 0. The first kappa shape index (κ1) is 22.6. The Hall–Kier alpha value is -0.600. The fourth-order valence-electron chi connectivity index (χ4n) is 8.51. The van der Waals surface area contributed by atoms with Gasteiger partial charge in [-0.25, -0.2) is 0 Å². The first-order chi connectivity index (χ1) is 14.1. The van der Waals surface area contributed by atoms with Crippen molar-refractivity contribution >= 4 is 0 Å². The molecule has 0 aromatic rings. The quantitative estimate of drug-likeness (QED) is 0.502. The molecule has 0 saturated heterocycles. The van der Waals surface area contributed by atoms with Crippen LogP contribution >= 0.6 is 0 Å². The minimum atomic E-state index is -0.317. The van der Waals surface area contributed by atoms with Gasteiger partial charge < -0.3 is 10.2 Å². The van der Waals surface area contributed by atoms with Crippen LogP contribution in [0.15, 0.2) is 23.8 Å². The molecule has 0 spiro atoms. The highest BCUT2D eigenvalue weighted by Crippen LogP contribution is 2.67. The summed E-state index contributed by atoms with van der Waals surface area (Å²) in [5, 5.41) is 21.5. The van der Waals surface area contributed by atoms with Crippen LogP contribution in [0.2, 0.25) is 0 Å². The molecule has 0 radical (unpaired) electrons. The SMILES string of the molecule is C=C(CC[C@@H](C)[C@H]1CC[C@H]2C3[C@@H](O)C=C4C[C@@H](O)CC[C@]4(C)[C@H]3CC[C@]12C)C(C)C. The smallest absolute Gasteiger partial charge is 0.0757 e. The van der Waals surface area contributed by atoms with Crippen molar-refractivity contribution in [3.8, 4) is 0 Å². The summed E-state index contributed by atoms with van der Waals surface area (Å²) < 4.78 is 0. The summed E-state index contributed by atoms with van der Waals surface area (Å²) in [7, 11) is 0. The van der Waals surface area contributed by atoms with Gasteiger partial charge >= 0.3 is 0 Å². The van der Waals surface area contributed by atoms with Gasteiger partial charge in [0.25, 0.3) is 0 Å². The summed E-state index contributed by atoms with van der Waals surface area (Å²) in [4.78, 5) is 0. The third-order valence-corrected chi connectivity index (χ3v) is 10.6. The van der Waals surface area contributed by atoms with Gasteiger partial charge in [0.15, 0.2) is 0 Å². The maximum absolute atomic E-state index is 11.3. The predicted octanol–water partition coefficient (Wildman–Crippen LogP) is 6.53. The van der Waals surface area contributed by atoms with E-state index in [0.717, 1.165) is 37.5 Å². The van der Waals surface area contributed by atoms with Crippen LogP contribution in [0.3, 0.4) is 0 Å². The Bertz CT molecular complexity index is 693. The Morgan fingerprint density at radius 3 is 2.50 bits per heavy atom. The molecule has 4 aliphatic carbocycles. The van der Waals surface area contributed by atoms with Crippen molar-refractivity contribution in [2.75, 3.05) is 0 Å². The molecule has 30 heavy (non-hydrogen) atoms. The third kappa shape index (κ3) is 3.54. The molecule has 0 heterocycles. The zero-order valence-corrected chi connectivity index (χ0v) is 20.2. The average molecular weight is 415 g/mol. The van der Waals surface area contributed by atoms with Crippen molar-refractivity contribution in [1.82, 2.24) is 0 Å². The normalized spacial score (nSPS) is 46.6. The number of allylic oxidation sites excluding steroid dienone is 1. The number of hydrogen-bond donors (Lipinski definition) is 2. The molecular weight excluding hydrogens is 368 g/mol. The monoisotopic (exact) mass is 414 g/mol. The number of aliphatic hydroxyl groups is 2. The number of hydrogen-bond acceptors (Lipinski definition) is 2. The maximum Gasteiger partial charge on any atom is 0.0757 e. The molecule has 2 N–H and O–H groups in total. The van der Waals surface area contributed by atoms with Gasteiger partial charge in [-0.2, -0.15) is 0 Å². The lowest BCUT2D eigenvalue weighted by atomic mass is 9.46. The predicted molar refractivity (Wildman–Crippen MR) is 125 cm³/mol. The van der Waals surface area contributed by atoms with Crippen LogP contribution in [0.4, 0.5) is 0 Å².